The van der Waals surface area contributed by atoms with E-state index in [1.54, 1.807) is 12.1 Å². The topological polar surface area (TPSA) is 60.2 Å². The van der Waals surface area contributed by atoms with Gasteiger partial charge in [0.15, 0.2) is 0 Å². The molecule has 3 rings (SSSR count). The van der Waals surface area contributed by atoms with Gasteiger partial charge in [-0.15, -0.1) is 11.3 Å². The van der Waals surface area contributed by atoms with Gasteiger partial charge in [0.05, 0.1) is 17.8 Å². The van der Waals surface area contributed by atoms with E-state index in [-0.39, 0.29) is 11.6 Å². The Kier molecular flexibility index (Phi) is 4.17. The fourth-order valence-electron chi connectivity index (χ4n) is 2.54. The zero-order valence-electron chi connectivity index (χ0n) is 13.1. The summed E-state index contributed by atoms with van der Waals surface area (Å²) in [6, 6.07) is 6.37. The normalized spacial score (nSPS) is 14.9. The van der Waals surface area contributed by atoms with Crippen LogP contribution in [0, 0.1) is 25.1 Å². The molecule has 0 aliphatic carbocycles. The van der Waals surface area contributed by atoms with Gasteiger partial charge in [-0.1, -0.05) is 12.1 Å². The van der Waals surface area contributed by atoms with Gasteiger partial charge >= 0.3 is 0 Å². The molecule has 0 fully saturated rings. The van der Waals surface area contributed by atoms with Gasteiger partial charge in [0.25, 0.3) is 0 Å². The fraction of sp³-hybridized carbons (Fsp3) is 0.294. The number of aliphatic hydroxyl groups excluding tert-OH is 1. The maximum Gasteiger partial charge on any atom is 0.135 e. The van der Waals surface area contributed by atoms with Crippen molar-refractivity contribution in [1.82, 2.24) is 9.88 Å². The van der Waals surface area contributed by atoms with Gasteiger partial charge in [0.2, 0.25) is 0 Å². The van der Waals surface area contributed by atoms with Crippen molar-refractivity contribution in [1.29, 1.82) is 5.41 Å². The molecule has 23 heavy (non-hydrogen) atoms. The number of benzene rings is 1. The Morgan fingerprint density at radius 2 is 2.00 bits per heavy atom. The summed E-state index contributed by atoms with van der Waals surface area (Å²) in [5, 5.41) is 19.3. The molecule has 0 unspecified atom stereocenters. The third-order valence-corrected chi connectivity index (χ3v) is 5.10. The minimum absolute atomic E-state index is 0.197. The van der Waals surface area contributed by atoms with Crippen LogP contribution < -0.4 is 0 Å². The van der Waals surface area contributed by atoms with Crippen LogP contribution in [0.5, 0.6) is 0 Å². The summed E-state index contributed by atoms with van der Waals surface area (Å²) >= 11 is 1.50. The van der Waals surface area contributed by atoms with Crippen LogP contribution in [0.2, 0.25) is 0 Å². The van der Waals surface area contributed by atoms with Crippen LogP contribution in [-0.2, 0) is 6.42 Å². The highest BCUT2D eigenvalue weighted by Crippen LogP contribution is 2.31. The maximum atomic E-state index is 12.9. The number of hydrogen-bond donors (Lipinski definition) is 2. The van der Waals surface area contributed by atoms with Gasteiger partial charge in [0, 0.05) is 11.4 Å². The zero-order chi connectivity index (χ0) is 16.6. The summed E-state index contributed by atoms with van der Waals surface area (Å²) in [4.78, 5) is 7.36. The predicted molar refractivity (Wildman–Crippen MR) is 90.5 cm³/mol. The molecule has 0 radical (unpaired) electrons. The van der Waals surface area contributed by atoms with Crippen molar-refractivity contribution in [2.24, 2.45) is 0 Å². The molecule has 2 aromatic rings. The number of aryl methyl sites for hydroxylation is 2. The molecule has 120 valence electrons. The first-order chi connectivity index (χ1) is 11.0. The number of aliphatic hydroxyl groups is 1. The first-order valence-electron chi connectivity index (χ1n) is 7.40. The number of halogens is 1. The van der Waals surface area contributed by atoms with Crippen molar-refractivity contribution >= 4 is 22.7 Å². The van der Waals surface area contributed by atoms with Gasteiger partial charge in [0.1, 0.15) is 22.4 Å². The lowest BCUT2D eigenvalue weighted by atomic mass is 10.1. The summed E-state index contributed by atoms with van der Waals surface area (Å²) < 4.78 is 12.9. The molecular formula is C17H18FN3OS. The van der Waals surface area contributed by atoms with Gasteiger partial charge in [-0.05, 0) is 38.0 Å². The minimum Gasteiger partial charge on any atom is -0.510 e. The van der Waals surface area contributed by atoms with Crippen LogP contribution in [0.25, 0.3) is 5.57 Å². The summed E-state index contributed by atoms with van der Waals surface area (Å²) in [6.45, 7) is 4.84. The number of thiazole rings is 1. The molecule has 0 amide bonds. The highest BCUT2D eigenvalue weighted by atomic mass is 32.1. The van der Waals surface area contributed by atoms with Crippen LogP contribution in [0.3, 0.4) is 0 Å². The average molecular weight is 331 g/mol. The summed E-state index contributed by atoms with van der Waals surface area (Å²) in [6.07, 6.45) is 0.694. The Labute approximate surface area is 138 Å². The van der Waals surface area contributed by atoms with Crippen molar-refractivity contribution in [3.05, 3.63) is 57.0 Å². The van der Waals surface area contributed by atoms with E-state index >= 15 is 0 Å². The first kappa shape index (κ1) is 15.7. The number of nitrogens with zero attached hydrogens (tertiary/aromatic N) is 2. The zero-order valence-corrected chi connectivity index (χ0v) is 13.9. The Hall–Kier alpha value is -2.21. The highest BCUT2D eigenvalue weighted by Gasteiger charge is 2.30. The molecule has 0 spiro atoms. The monoisotopic (exact) mass is 331 g/mol. The quantitative estimate of drug-likeness (QED) is 0.898. The molecule has 0 saturated heterocycles. The third kappa shape index (κ3) is 3.12. The SMILES string of the molecule is Cc1nc(C2=C(O)CN(CCc3ccc(F)cc3)C2=N)sc1C. The largest absolute Gasteiger partial charge is 0.510 e. The number of nitrogens with one attached hydrogen (secondary N) is 1. The summed E-state index contributed by atoms with van der Waals surface area (Å²) in [7, 11) is 0. The molecular weight excluding hydrogens is 313 g/mol. The Morgan fingerprint density at radius 3 is 2.61 bits per heavy atom. The Bertz CT molecular complexity index is 760. The molecule has 0 bridgehead atoms. The number of aromatic nitrogens is 1. The molecule has 0 saturated carbocycles. The second kappa shape index (κ2) is 6.12. The lowest BCUT2D eigenvalue weighted by molar-refractivity contribution is 0.351. The van der Waals surface area contributed by atoms with E-state index in [4.69, 9.17) is 5.41 Å². The number of hydrogen-bond acceptors (Lipinski definition) is 4. The molecule has 0 atom stereocenters. The van der Waals surface area contributed by atoms with Crippen LogP contribution in [0.1, 0.15) is 21.1 Å². The Morgan fingerprint density at radius 1 is 1.30 bits per heavy atom. The smallest absolute Gasteiger partial charge is 0.135 e. The molecule has 4 nitrogen and oxygen atoms in total. The molecule has 1 aliphatic heterocycles. The second-order valence-electron chi connectivity index (χ2n) is 5.63. The van der Waals surface area contributed by atoms with Crippen molar-refractivity contribution in [2.75, 3.05) is 13.1 Å². The lowest BCUT2D eigenvalue weighted by Gasteiger charge is -2.18. The van der Waals surface area contributed by atoms with Crippen molar-refractivity contribution in [3.8, 4) is 0 Å². The van der Waals surface area contributed by atoms with Gasteiger partial charge in [-0.2, -0.15) is 0 Å². The van der Waals surface area contributed by atoms with Crippen LogP contribution in [-0.4, -0.2) is 33.9 Å². The highest BCUT2D eigenvalue weighted by molar-refractivity contribution is 7.13. The molecule has 1 aromatic heterocycles. The third-order valence-electron chi connectivity index (χ3n) is 4.01. The van der Waals surface area contributed by atoms with Crippen LogP contribution in [0.4, 0.5) is 4.39 Å². The van der Waals surface area contributed by atoms with Crippen LogP contribution in [0.15, 0.2) is 30.0 Å². The van der Waals surface area contributed by atoms with E-state index in [1.807, 2.05) is 18.7 Å². The molecule has 1 aromatic carbocycles. The van der Waals surface area contributed by atoms with E-state index in [2.05, 4.69) is 4.98 Å². The van der Waals surface area contributed by atoms with E-state index in [0.717, 1.165) is 16.1 Å². The van der Waals surface area contributed by atoms with Gasteiger partial charge < -0.3 is 10.0 Å². The maximum absolute atomic E-state index is 12.9. The fourth-order valence-corrected chi connectivity index (χ4v) is 3.53. The second-order valence-corrected chi connectivity index (χ2v) is 6.83. The molecule has 2 N–H and O–H groups in total. The van der Waals surface area contributed by atoms with E-state index in [0.29, 0.717) is 35.9 Å². The van der Waals surface area contributed by atoms with E-state index < -0.39 is 0 Å². The summed E-state index contributed by atoms with van der Waals surface area (Å²) in [5.74, 6) is 0.250. The van der Waals surface area contributed by atoms with Crippen molar-refractivity contribution in [3.63, 3.8) is 0 Å². The lowest BCUT2D eigenvalue weighted by Crippen LogP contribution is -2.28. The molecule has 2 heterocycles. The van der Waals surface area contributed by atoms with Crippen molar-refractivity contribution in [2.45, 2.75) is 20.3 Å². The molecule has 6 heteroatoms. The summed E-state index contributed by atoms with van der Waals surface area (Å²) in [5.41, 5.74) is 2.47. The first-order valence-corrected chi connectivity index (χ1v) is 8.22. The van der Waals surface area contributed by atoms with Gasteiger partial charge in [-0.3, -0.25) is 5.41 Å². The number of amidine groups is 1. The van der Waals surface area contributed by atoms with Gasteiger partial charge in [-0.25, -0.2) is 9.37 Å². The average Bonchev–Trinajstić information content (AvgIpc) is 2.98. The number of rotatable bonds is 4. The predicted octanol–water partition coefficient (Wildman–Crippen LogP) is 3.70. The standard InChI is InChI=1S/C17H18FN3OS/c1-10-11(2)23-17(20-10)15-14(22)9-21(16(15)19)8-7-12-3-5-13(18)6-4-12/h3-6,19,22H,7-9H2,1-2H3. The molecule has 1 aliphatic rings. The van der Waals surface area contributed by atoms with E-state index in [9.17, 15) is 9.50 Å². The van der Waals surface area contributed by atoms with Crippen molar-refractivity contribution < 1.29 is 9.50 Å². The Balaban J connectivity index is 1.71. The van der Waals surface area contributed by atoms with E-state index in [1.165, 1.54) is 23.5 Å². The minimum atomic E-state index is -0.251. The van der Waals surface area contributed by atoms with Crippen LogP contribution >= 0.6 is 11.3 Å².